The summed E-state index contributed by atoms with van der Waals surface area (Å²) in [5, 5.41) is 15.9. The number of carbonyl (C=O) groups excluding carboxylic acids is 1. The number of hydrogen-bond acceptors (Lipinski definition) is 5. The van der Waals surface area contributed by atoms with E-state index in [9.17, 15) is 9.90 Å². The van der Waals surface area contributed by atoms with Gasteiger partial charge in [0.2, 0.25) is 0 Å². The predicted octanol–water partition coefficient (Wildman–Crippen LogP) is 3.35. The van der Waals surface area contributed by atoms with Crippen molar-refractivity contribution in [3.05, 3.63) is 23.8 Å². The van der Waals surface area contributed by atoms with Crippen LogP contribution in [-0.4, -0.2) is 36.5 Å². The topological polar surface area (TPSA) is 79.8 Å². The largest absolute Gasteiger partial charge is 0.504 e. The molecule has 0 aromatic heterocycles. The molecule has 0 heterocycles. The van der Waals surface area contributed by atoms with Crippen molar-refractivity contribution in [2.24, 2.45) is 0 Å². The first-order chi connectivity index (χ1) is 11.2. The SMILES string of the molecule is CCC(CNC(C)c1ccc(O)c(OC)c1)NC(=O)OC(C)(C)C. The van der Waals surface area contributed by atoms with Gasteiger partial charge in [-0.15, -0.1) is 0 Å². The van der Waals surface area contributed by atoms with Gasteiger partial charge < -0.3 is 25.2 Å². The summed E-state index contributed by atoms with van der Waals surface area (Å²) < 4.78 is 10.4. The molecule has 0 spiro atoms. The molecule has 2 unspecified atom stereocenters. The van der Waals surface area contributed by atoms with Gasteiger partial charge in [-0.25, -0.2) is 4.79 Å². The van der Waals surface area contributed by atoms with Gasteiger partial charge in [0.25, 0.3) is 0 Å². The van der Waals surface area contributed by atoms with Crippen LogP contribution in [0.5, 0.6) is 11.5 Å². The Balaban J connectivity index is 2.57. The van der Waals surface area contributed by atoms with Crippen molar-refractivity contribution < 1.29 is 19.4 Å². The van der Waals surface area contributed by atoms with Crippen LogP contribution < -0.4 is 15.4 Å². The maximum absolute atomic E-state index is 11.9. The number of carbonyl (C=O) groups is 1. The molecule has 0 saturated carbocycles. The number of rotatable bonds is 7. The Morgan fingerprint density at radius 3 is 2.54 bits per heavy atom. The first-order valence-corrected chi connectivity index (χ1v) is 8.26. The normalized spacial score (nSPS) is 13.9. The fourth-order valence-electron chi connectivity index (χ4n) is 2.17. The lowest BCUT2D eigenvalue weighted by Gasteiger charge is -2.24. The first kappa shape index (κ1) is 20.1. The highest BCUT2D eigenvalue weighted by atomic mass is 16.6. The van der Waals surface area contributed by atoms with E-state index >= 15 is 0 Å². The molecular weight excluding hydrogens is 308 g/mol. The highest BCUT2D eigenvalue weighted by Crippen LogP contribution is 2.28. The Morgan fingerprint density at radius 2 is 2.00 bits per heavy atom. The van der Waals surface area contributed by atoms with Crippen molar-refractivity contribution >= 4 is 6.09 Å². The van der Waals surface area contributed by atoms with Crippen LogP contribution in [0.25, 0.3) is 0 Å². The molecule has 0 aliphatic carbocycles. The molecule has 6 heteroatoms. The Morgan fingerprint density at radius 1 is 1.33 bits per heavy atom. The molecule has 0 aliphatic rings. The molecule has 1 rings (SSSR count). The Hall–Kier alpha value is -1.95. The second-order valence-corrected chi connectivity index (χ2v) is 6.81. The summed E-state index contributed by atoms with van der Waals surface area (Å²) in [6.07, 6.45) is 0.382. The Labute approximate surface area is 144 Å². The van der Waals surface area contributed by atoms with Gasteiger partial charge in [-0.2, -0.15) is 0 Å². The molecule has 1 aromatic rings. The number of nitrogens with one attached hydrogen (secondary N) is 2. The summed E-state index contributed by atoms with van der Waals surface area (Å²) in [7, 11) is 1.52. The molecule has 3 N–H and O–H groups in total. The summed E-state index contributed by atoms with van der Waals surface area (Å²) in [5.74, 6) is 0.562. The van der Waals surface area contributed by atoms with Crippen LogP contribution in [0.15, 0.2) is 18.2 Å². The smallest absolute Gasteiger partial charge is 0.407 e. The average Bonchev–Trinajstić information content (AvgIpc) is 2.49. The second-order valence-electron chi connectivity index (χ2n) is 6.81. The van der Waals surface area contributed by atoms with Gasteiger partial charge in [0.1, 0.15) is 5.60 Å². The first-order valence-electron chi connectivity index (χ1n) is 8.26. The third-order valence-electron chi connectivity index (χ3n) is 3.59. The van der Waals surface area contributed by atoms with Crippen LogP contribution in [0.1, 0.15) is 52.6 Å². The van der Waals surface area contributed by atoms with Crippen LogP contribution >= 0.6 is 0 Å². The zero-order valence-corrected chi connectivity index (χ0v) is 15.5. The second kappa shape index (κ2) is 8.78. The minimum absolute atomic E-state index is 0.0266. The van der Waals surface area contributed by atoms with E-state index in [1.54, 1.807) is 12.1 Å². The molecule has 0 bridgehead atoms. The van der Waals surface area contributed by atoms with E-state index in [0.29, 0.717) is 12.3 Å². The molecule has 0 saturated heterocycles. The van der Waals surface area contributed by atoms with Crippen molar-refractivity contribution in [1.29, 1.82) is 0 Å². The molecule has 0 aliphatic heterocycles. The number of methoxy groups -OCH3 is 1. The highest BCUT2D eigenvalue weighted by Gasteiger charge is 2.19. The van der Waals surface area contributed by atoms with E-state index in [-0.39, 0.29) is 17.8 Å². The zero-order chi connectivity index (χ0) is 18.3. The molecule has 0 radical (unpaired) electrons. The number of hydrogen-bond donors (Lipinski definition) is 3. The van der Waals surface area contributed by atoms with E-state index < -0.39 is 11.7 Å². The summed E-state index contributed by atoms with van der Waals surface area (Å²) in [4.78, 5) is 11.9. The lowest BCUT2D eigenvalue weighted by Crippen LogP contribution is -2.44. The van der Waals surface area contributed by atoms with Crippen LogP contribution in [-0.2, 0) is 4.74 Å². The molecule has 6 nitrogen and oxygen atoms in total. The van der Waals surface area contributed by atoms with Gasteiger partial charge in [-0.3, -0.25) is 0 Å². The van der Waals surface area contributed by atoms with Gasteiger partial charge in [0.15, 0.2) is 11.5 Å². The number of amides is 1. The third-order valence-corrected chi connectivity index (χ3v) is 3.59. The van der Waals surface area contributed by atoms with Crippen LogP contribution in [0, 0.1) is 0 Å². The summed E-state index contributed by atoms with van der Waals surface area (Å²) >= 11 is 0. The summed E-state index contributed by atoms with van der Waals surface area (Å²) in [6, 6.07) is 5.28. The molecular formula is C18H30N2O4. The van der Waals surface area contributed by atoms with Gasteiger partial charge in [0, 0.05) is 18.6 Å². The third kappa shape index (κ3) is 6.66. The van der Waals surface area contributed by atoms with Crippen molar-refractivity contribution in [2.45, 2.75) is 58.7 Å². The number of ether oxygens (including phenoxy) is 2. The van der Waals surface area contributed by atoms with Gasteiger partial charge >= 0.3 is 6.09 Å². The fraction of sp³-hybridized carbons (Fsp3) is 0.611. The molecule has 1 aromatic carbocycles. The molecule has 24 heavy (non-hydrogen) atoms. The number of phenols is 1. The van der Waals surface area contributed by atoms with Gasteiger partial charge in [-0.1, -0.05) is 13.0 Å². The van der Waals surface area contributed by atoms with Crippen LogP contribution in [0.3, 0.4) is 0 Å². The monoisotopic (exact) mass is 338 g/mol. The van der Waals surface area contributed by atoms with Gasteiger partial charge in [0.05, 0.1) is 7.11 Å². The van der Waals surface area contributed by atoms with Crippen LogP contribution in [0.4, 0.5) is 4.79 Å². The van der Waals surface area contributed by atoms with Crippen molar-refractivity contribution in [3.8, 4) is 11.5 Å². The van der Waals surface area contributed by atoms with E-state index in [2.05, 4.69) is 10.6 Å². The average molecular weight is 338 g/mol. The fourth-order valence-corrected chi connectivity index (χ4v) is 2.17. The lowest BCUT2D eigenvalue weighted by atomic mass is 10.1. The number of alkyl carbamates (subject to hydrolysis) is 1. The van der Waals surface area contributed by atoms with E-state index in [0.717, 1.165) is 12.0 Å². The van der Waals surface area contributed by atoms with Gasteiger partial charge in [-0.05, 0) is 51.8 Å². The van der Waals surface area contributed by atoms with E-state index in [1.807, 2.05) is 40.7 Å². The highest BCUT2D eigenvalue weighted by molar-refractivity contribution is 5.68. The number of benzene rings is 1. The Bertz CT molecular complexity index is 540. The standard InChI is InChI=1S/C18H30N2O4/c1-7-14(20-17(22)24-18(3,4)5)11-19-12(2)13-8-9-15(21)16(10-13)23-6/h8-10,12,14,19,21H,7,11H2,1-6H3,(H,20,22). The molecule has 0 fully saturated rings. The predicted molar refractivity (Wildman–Crippen MR) is 94.5 cm³/mol. The minimum Gasteiger partial charge on any atom is -0.504 e. The van der Waals surface area contributed by atoms with Crippen molar-refractivity contribution in [2.75, 3.05) is 13.7 Å². The maximum Gasteiger partial charge on any atom is 0.407 e. The number of phenolic OH excluding ortho intramolecular Hbond substituents is 1. The quantitative estimate of drug-likeness (QED) is 0.710. The molecule has 1 amide bonds. The molecule has 136 valence electrons. The Kier molecular flexibility index (Phi) is 7.35. The number of aromatic hydroxyl groups is 1. The van der Waals surface area contributed by atoms with Crippen molar-refractivity contribution in [3.63, 3.8) is 0 Å². The minimum atomic E-state index is -0.508. The zero-order valence-electron chi connectivity index (χ0n) is 15.5. The summed E-state index contributed by atoms with van der Waals surface area (Å²) in [6.45, 7) is 10.2. The maximum atomic E-state index is 11.9. The van der Waals surface area contributed by atoms with E-state index in [4.69, 9.17) is 9.47 Å². The van der Waals surface area contributed by atoms with Crippen LogP contribution in [0.2, 0.25) is 0 Å². The van der Waals surface area contributed by atoms with Crippen molar-refractivity contribution in [1.82, 2.24) is 10.6 Å². The molecule has 2 atom stereocenters. The van der Waals surface area contributed by atoms with E-state index in [1.165, 1.54) is 7.11 Å². The summed E-state index contributed by atoms with van der Waals surface area (Å²) in [5.41, 5.74) is 0.489. The lowest BCUT2D eigenvalue weighted by molar-refractivity contribution is 0.0502.